The molecule has 0 saturated carbocycles. The van der Waals surface area contributed by atoms with Gasteiger partial charge in [-0.1, -0.05) is 22.7 Å². The smallest absolute Gasteiger partial charge is 0.338 e. The van der Waals surface area contributed by atoms with E-state index in [1.807, 2.05) is 6.07 Å². The number of azo groups is 2. The van der Waals surface area contributed by atoms with Crippen molar-refractivity contribution in [1.29, 1.82) is 0 Å². The lowest BCUT2D eigenvalue weighted by molar-refractivity contribution is 0.0526. The van der Waals surface area contributed by atoms with E-state index in [9.17, 15) is 4.79 Å². The van der Waals surface area contributed by atoms with E-state index in [0.717, 1.165) is 14.5 Å². The zero-order valence-electron chi connectivity index (χ0n) is 15.8. The molecular formula is C20H16N6O2S2. The molecule has 4 rings (SSSR count). The van der Waals surface area contributed by atoms with E-state index < -0.39 is 0 Å². The molecular weight excluding hydrogens is 420 g/mol. The maximum absolute atomic E-state index is 11.7. The number of nitrogens with zero attached hydrogens (tertiary/aromatic N) is 5. The molecule has 0 amide bonds. The molecule has 30 heavy (non-hydrogen) atoms. The van der Waals surface area contributed by atoms with Crippen LogP contribution in [0.25, 0.3) is 9.53 Å². The molecule has 0 fully saturated rings. The van der Waals surface area contributed by atoms with E-state index in [0.29, 0.717) is 34.4 Å². The summed E-state index contributed by atoms with van der Waals surface area (Å²) in [6.45, 7) is 2.11. The Balaban J connectivity index is 1.43. The average molecular weight is 437 g/mol. The largest absolute Gasteiger partial charge is 0.462 e. The van der Waals surface area contributed by atoms with Crippen LogP contribution in [0.3, 0.4) is 0 Å². The molecule has 0 atom stereocenters. The highest BCUT2D eigenvalue weighted by molar-refractivity contribution is 7.30. The third-order valence-electron chi connectivity index (χ3n) is 3.85. The van der Waals surface area contributed by atoms with E-state index >= 15 is 0 Å². The number of aromatic nitrogens is 1. The van der Waals surface area contributed by atoms with Gasteiger partial charge in [-0.3, -0.25) is 0 Å². The Morgan fingerprint density at radius 2 is 1.63 bits per heavy atom. The molecule has 0 aliphatic heterocycles. The number of rotatable bonds is 6. The first-order valence-electron chi connectivity index (χ1n) is 8.97. The van der Waals surface area contributed by atoms with Crippen molar-refractivity contribution in [2.24, 2.45) is 20.5 Å². The molecule has 150 valence electrons. The standard InChI is InChI=1S/C20H16N6O2S2/c1-2-28-19(27)12-3-7-14(8-4-12)23-25-17-11-16-18(30-17)22-20(29-16)26-24-15-9-5-13(21)6-10-15/h3-11H,2,21H2,1H3. The number of fused-ring (bicyclic) bond motifs is 1. The van der Waals surface area contributed by atoms with Gasteiger partial charge in [0.25, 0.3) is 0 Å². The van der Waals surface area contributed by atoms with Crippen molar-refractivity contribution in [3.8, 4) is 0 Å². The number of hydrogen-bond donors (Lipinski definition) is 1. The van der Waals surface area contributed by atoms with Crippen LogP contribution in [0.4, 0.5) is 27.2 Å². The summed E-state index contributed by atoms with van der Waals surface area (Å²) >= 11 is 2.86. The van der Waals surface area contributed by atoms with Gasteiger partial charge in [0.15, 0.2) is 0 Å². The fraction of sp³-hybridized carbons (Fsp3) is 0.100. The lowest BCUT2D eigenvalue weighted by Crippen LogP contribution is -2.03. The summed E-state index contributed by atoms with van der Waals surface area (Å²) in [5.41, 5.74) is 8.18. The first-order chi connectivity index (χ1) is 14.6. The summed E-state index contributed by atoms with van der Waals surface area (Å²) in [5.74, 6) is -0.352. The molecule has 0 radical (unpaired) electrons. The van der Waals surface area contributed by atoms with Gasteiger partial charge in [0.2, 0.25) is 5.13 Å². The van der Waals surface area contributed by atoms with Gasteiger partial charge in [0.1, 0.15) is 9.83 Å². The number of benzene rings is 2. The number of carbonyl (C=O) groups is 1. The highest BCUT2D eigenvalue weighted by atomic mass is 32.1. The van der Waals surface area contributed by atoms with Gasteiger partial charge in [-0.25, -0.2) is 9.78 Å². The van der Waals surface area contributed by atoms with Crippen molar-refractivity contribution < 1.29 is 9.53 Å². The second-order valence-corrected chi connectivity index (χ2v) is 8.03. The molecule has 10 heteroatoms. The molecule has 0 spiro atoms. The lowest BCUT2D eigenvalue weighted by Gasteiger charge is -2.00. The van der Waals surface area contributed by atoms with E-state index in [4.69, 9.17) is 10.5 Å². The number of esters is 1. The van der Waals surface area contributed by atoms with Crippen LogP contribution in [0.15, 0.2) is 75.1 Å². The van der Waals surface area contributed by atoms with E-state index in [1.54, 1.807) is 55.5 Å². The number of thiophene rings is 1. The average Bonchev–Trinajstić information content (AvgIpc) is 3.31. The zero-order chi connectivity index (χ0) is 20.9. The molecule has 0 unspecified atom stereocenters. The molecule has 0 aliphatic carbocycles. The van der Waals surface area contributed by atoms with Gasteiger partial charge in [-0.2, -0.15) is 0 Å². The minimum atomic E-state index is -0.352. The Morgan fingerprint density at radius 1 is 0.967 bits per heavy atom. The van der Waals surface area contributed by atoms with Crippen molar-refractivity contribution in [3.63, 3.8) is 0 Å². The molecule has 2 aromatic carbocycles. The Labute approximate surface area is 179 Å². The maximum atomic E-state index is 11.7. The van der Waals surface area contributed by atoms with Crippen LogP contribution >= 0.6 is 22.7 Å². The molecule has 8 nitrogen and oxygen atoms in total. The van der Waals surface area contributed by atoms with Crippen LogP contribution in [-0.2, 0) is 4.74 Å². The van der Waals surface area contributed by atoms with Crippen LogP contribution in [0, 0.1) is 0 Å². The summed E-state index contributed by atoms with van der Waals surface area (Å²) < 4.78 is 5.93. The molecule has 0 saturated heterocycles. The predicted molar refractivity (Wildman–Crippen MR) is 119 cm³/mol. The van der Waals surface area contributed by atoms with Crippen molar-refractivity contribution >= 4 is 65.4 Å². The number of carbonyl (C=O) groups excluding carboxylic acids is 1. The quantitative estimate of drug-likeness (QED) is 0.200. The fourth-order valence-electron chi connectivity index (χ4n) is 2.43. The zero-order valence-corrected chi connectivity index (χ0v) is 17.5. The van der Waals surface area contributed by atoms with Gasteiger partial charge in [-0.05, 0) is 61.5 Å². The number of nitrogens with two attached hydrogens (primary N) is 1. The van der Waals surface area contributed by atoms with Crippen LogP contribution < -0.4 is 5.73 Å². The SMILES string of the molecule is CCOC(=O)c1ccc(N=Nc2cc3sc(N=Nc4ccc(N)cc4)nc3s2)cc1. The van der Waals surface area contributed by atoms with Crippen molar-refractivity contribution in [3.05, 3.63) is 60.2 Å². The third-order valence-corrected chi connectivity index (χ3v) is 5.78. The van der Waals surface area contributed by atoms with Gasteiger partial charge < -0.3 is 10.5 Å². The van der Waals surface area contributed by atoms with Crippen molar-refractivity contribution in [2.45, 2.75) is 6.92 Å². The van der Waals surface area contributed by atoms with Gasteiger partial charge in [0, 0.05) is 5.69 Å². The second-order valence-electron chi connectivity index (χ2n) is 6.01. The molecule has 0 bridgehead atoms. The molecule has 2 aromatic heterocycles. The van der Waals surface area contributed by atoms with Crippen LogP contribution in [0.1, 0.15) is 17.3 Å². The first kappa shape index (κ1) is 19.8. The molecule has 0 aliphatic rings. The number of anilines is 1. The van der Waals surface area contributed by atoms with E-state index in [1.165, 1.54) is 22.7 Å². The second kappa shape index (κ2) is 8.89. The Bertz CT molecular complexity index is 1200. The Hall–Kier alpha value is -3.50. The summed E-state index contributed by atoms with van der Waals surface area (Å²) in [6.07, 6.45) is 0. The third kappa shape index (κ3) is 4.73. The normalized spacial score (nSPS) is 11.6. The highest BCUT2D eigenvalue weighted by Gasteiger charge is 2.09. The molecule has 2 heterocycles. The number of thiazole rings is 1. The topological polar surface area (TPSA) is 115 Å². The number of hydrogen-bond acceptors (Lipinski definition) is 10. The van der Waals surface area contributed by atoms with Gasteiger partial charge in [0.05, 0.1) is 28.2 Å². The predicted octanol–water partition coefficient (Wildman–Crippen LogP) is 6.95. The summed E-state index contributed by atoms with van der Waals surface area (Å²) in [4.78, 5) is 17.0. The number of nitrogen functional groups attached to an aromatic ring is 1. The Kier molecular flexibility index (Phi) is 5.87. The highest BCUT2D eigenvalue weighted by Crippen LogP contribution is 2.39. The van der Waals surface area contributed by atoms with Crippen LogP contribution in [-0.4, -0.2) is 17.6 Å². The summed E-state index contributed by atoms with van der Waals surface area (Å²) in [5, 5.41) is 18.1. The van der Waals surface area contributed by atoms with Gasteiger partial charge >= 0.3 is 5.97 Å². The minimum Gasteiger partial charge on any atom is -0.462 e. The summed E-state index contributed by atoms with van der Waals surface area (Å²) in [6, 6.07) is 15.8. The molecule has 4 aromatic rings. The summed E-state index contributed by atoms with van der Waals surface area (Å²) in [7, 11) is 0. The maximum Gasteiger partial charge on any atom is 0.338 e. The first-order valence-corrected chi connectivity index (χ1v) is 10.6. The fourth-order valence-corrected chi connectivity index (χ4v) is 4.28. The van der Waals surface area contributed by atoms with Crippen molar-refractivity contribution in [1.82, 2.24) is 4.98 Å². The lowest BCUT2D eigenvalue weighted by atomic mass is 10.2. The van der Waals surface area contributed by atoms with Gasteiger partial charge in [-0.15, -0.1) is 20.5 Å². The number of ether oxygens (including phenoxy) is 1. The van der Waals surface area contributed by atoms with Crippen LogP contribution in [0.5, 0.6) is 0 Å². The monoisotopic (exact) mass is 436 g/mol. The van der Waals surface area contributed by atoms with Crippen molar-refractivity contribution in [2.75, 3.05) is 12.3 Å². The van der Waals surface area contributed by atoms with Crippen LogP contribution in [0.2, 0.25) is 0 Å². The molecule has 2 N–H and O–H groups in total. The van der Waals surface area contributed by atoms with E-state index in [-0.39, 0.29) is 5.97 Å². The minimum absolute atomic E-state index is 0.342. The Morgan fingerprint density at radius 3 is 2.30 bits per heavy atom. The van der Waals surface area contributed by atoms with E-state index in [2.05, 4.69) is 25.4 Å².